The molecule has 0 spiro atoms. The molecule has 1 aromatic heterocycles. The Balaban J connectivity index is 1.86. The molecule has 0 radical (unpaired) electrons. The van der Waals surface area contributed by atoms with Gasteiger partial charge in [-0.05, 0) is 50.6 Å². The molecule has 0 atom stereocenters. The van der Waals surface area contributed by atoms with Crippen molar-refractivity contribution in [3.05, 3.63) is 50.1 Å². The van der Waals surface area contributed by atoms with Crippen molar-refractivity contribution >= 4 is 38.9 Å². The summed E-state index contributed by atoms with van der Waals surface area (Å²) in [6, 6.07) is 7.74. The minimum Gasteiger partial charge on any atom is -0.399 e. The van der Waals surface area contributed by atoms with Crippen molar-refractivity contribution < 1.29 is 4.79 Å². The van der Waals surface area contributed by atoms with Crippen LogP contribution in [0.1, 0.15) is 20.8 Å². The third-order valence-corrected chi connectivity index (χ3v) is 4.88. The van der Waals surface area contributed by atoms with E-state index in [0.29, 0.717) is 13.1 Å². The number of rotatable bonds is 1. The highest BCUT2D eigenvalue weighted by Gasteiger charge is 2.26. The Bertz CT molecular complexity index is 623. The van der Waals surface area contributed by atoms with Crippen LogP contribution >= 0.6 is 27.3 Å². The van der Waals surface area contributed by atoms with Gasteiger partial charge in [0.05, 0.1) is 0 Å². The molecule has 2 N–H and O–H groups in total. The molecule has 0 fully saturated rings. The Morgan fingerprint density at radius 1 is 1.28 bits per heavy atom. The lowest BCUT2D eigenvalue weighted by molar-refractivity contribution is 0.0755. The topological polar surface area (TPSA) is 46.3 Å². The van der Waals surface area contributed by atoms with E-state index in [0.717, 1.165) is 20.6 Å². The summed E-state index contributed by atoms with van der Waals surface area (Å²) in [5.41, 5.74) is 8.85. The lowest BCUT2D eigenvalue weighted by Crippen LogP contribution is -2.24. The molecule has 5 heteroatoms. The fourth-order valence-corrected chi connectivity index (χ4v) is 3.66. The van der Waals surface area contributed by atoms with Crippen molar-refractivity contribution in [2.45, 2.75) is 13.1 Å². The van der Waals surface area contributed by atoms with Gasteiger partial charge in [0.25, 0.3) is 5.91 Å². The van der Waals surface area contributed by atoms with Gasteiger partial charge in [-0.3, -0.25) is 4.79 Å². The van der Waals surface area contributed by atoms with E-state index in [1.165, 1.54) is 16.9 Å². The van der Waals surface area contributed by atoms with Gasteiger partial charge in [-0.25, -0.2) is 0 Å². The van der Waals surface area contributed by atoms with Gasteiger partial charge in [0.2, 0.25) is 0 Å². The van der Waals surface area contributed by atoms with Crippen LogP contribution in [0, 0.1) is 0 Å². The first-order valence-corrected chi connectivity index (χ1v) is 7.22. The van der Waals surface area contributed by atoms with Gasteiger partial charge in [-0.2, -0.15) is 0 Å². The highest BCUT2D eigenvalue weighted by atomic mass is 79.9. The second kappa shape index (κ2) is 4.40. The minimum absolute atomic E-state index is 0.0756. The Kier molecular flexibility index (Phi) is 2.87. The SMILES string of the molecule is Nc1ccc2c(c1)CN(C(=O)c1sccc1Br)C2. The standard InChI is InChI=1S/C13H11BrN2OS/c14-11-3-4-18-12(11)13(17)16-6-8-1-2-10(15)5-9(8)7-16/h1-5H,6-7,15H2. The molecular weight excluding hydrogens is 312 g/mol. The van der Waals surface area contributed by atoms with Crippen LogP contribution in [0.2, 0.25) is 0 Å². The summed E-state index contributed by atoms with van der Waals surface area (Å²) in [4.78, 5) is 15.0. The normalized spacial score (nSPS) is 13.7. The summed E-state index contributed by atoms with van der Waals surface area (Å²) in [5.74, 6) is 0.0756. The number of amides is 1. The van der Waals surface area contributed by atoms with Gasteiger partial charge in [-0.15, -0.1) is 11.3 Å². The summed E-state index contributed by atoms with van der Waals surface area (Å²) in [6.07, 6.45) is 0. The molecule has 2 aromatic rings. The predicted molar refractivity (Wildman–Crippen MR) is 76.5 cm³/mol. The number of hydrogen-bond donors (Lipinski definition) is 1. The van der Waals surface area contributed by atoms with Crippen molar-refractivity contribution in [1.29, 1.82) is 0 Å². The van der Waals surface area contributed by atoms with Gasteiger partial charge in [0.1, 0.15) is 4.88 Å². The molecule has 3 rings (SSSR count). The van der Waals surface area contributed by atoms with Crippen molar-refractivity contribution in [2.24, 2.45) is 0 Å². The second-order valence-electron chi connectivity index (χ2n) is 4.29. The molecule has 0 unspecified atom stereocenters. The zero-order valence-electron chi connectivity index (χ0n) is 9.52. The van der Waals surface area contributed by atoms with Gasteiger partial charge >= 0.3 is 0 Å². The maximum atomic E-state index is 12.4. The smallest absolute Gasteiger partial charge is 0.265 e. The predicted octanol–water partition coefficient (Wildman–Crippen LogP) is 3.25. The summed E-state index contributed by atoms with van der Waals surface area (Å²) in [6.45, 7) is 1.31. The number of anilines is 1. The van der Waals surface area contributed by atoms with E-state index in [1.54, 1.807) is 0 Å². The molecule has 2 heterocycles. The number of thiophene rings is 1. The number of hydrogen-bond acceptors (Lipinski definition) is 3. The van der Waals surface area contributed by atoms with Crippen molar-refractivity contribution in [3.8, 4) is 0 Å². The molecule has 18 heavy (non-hydrogen) atoms. The molecule has 0 saturated heterocycles. The summed E-state index contributed by atoms with van der Waals surface area (Å²) in [7, 11) is 0. The molecular formula is C13H11BrN2OS. The van der Waals surface area contributed by atoms with Crippen LogP contribution in [0.3, 0.4) is 0 Å². The third kappa shape index (κ3) is 1.93. The van der Waals surface area contributed by atoms with E-state index in [9.17, 15) is 4.79 Å². The zero-order chi connectivity index (χ0) is 12.7. The number of carbonyl (C=O) groups is 1. The maximum Gasteiger partial charge on any atom is 0.265 e. The van der Waals surface area contributed by atoms with E-state index >= 15 is 0 Å². The summed E-state index contributed by atoms with van der Waals surface area (Å²) >= 11 is 4.87. The molecule has 1 aliphatic rings. The van der Waals surface area contributed by atoms with Gasteiger partial charge in [-0.1, -0.05) is 6.07 Å². The van der Waals surface area contributed by atoms with Crippen molar-refractivity contribution in [2.75, 3.05) is 5.73 Å². The Morgan fingerprint density at radius 3 is 2.78 bits per heavy atom. The lowest BCUT2D eigenvalue weighted by Gasteiger charge is -2.14. The van der Waals surface area contributed by atoms with E-state index in [-0.39, 0.29) is 5.91 Å². The fraction of sp³-hybridized carbons (Fsp3) is 0.154. The first-order chi connectivity index (χ1) is 8.65. The van der Waals surface area contributed by atoms with Crippen LogP contribution in [0.5, 0.6) is 0 Å². The monoisotopic (exact) mass is 322 g/mol. The molecule has 0 bridgehead atoms. The first kappa shape index (κ1) is 11.7. The van der Waals surface area contributed by atoms with Gasteiger partial charge < -0.3 is 10.6 Å². The molecule has 0 aliphatic carbocycles. The number of nitrogens with two attached hydrogens (primary N) is 1. The molecule has 3 nitrogen and oxygen atoms in total. The van der Waals surface area contributed by atoms with Crippen LogP contribution < -0.4 is 5.73 Å². The molecule has 1 aliphatic heterocycles. The van der Waals surface area contributed by atoms with Crippen molar-refractivity contribution in [3.63, 3.8) is 0 Å². The Hall–Kier alpha value is -1.33. The van der Waals surface area contributed by atoms with Gasteiger partial charge in [0.15, 0.2) is 0 Å². The molecule has 0 saturated carbocycles. The van der Waals surface area contributed by atoms with Gasteiger partial charge in [0, 0.05) is 23.2 Å². The first-order valence-electron chi connectivity index (χ1n) is 5.54. The fourth-order valence-electron chi connectivity index (χ4n) is 2.15. The zero-order valence-corrected chi connectivity index (χ0v) is 11.9. The summed E-state index contributed by atoms with van der Waals surface area (Å²) in [5, 5.41) is 1.92. The average Bonchev–Trinajstić information content (AvgIpc) is 2.93. The van der Waals surface area contributed by atoms with Crippen LogP contribution in [-0.4, -0.2) is 10.8 Å². The number of benzene rings is 1. The molecule has 1 amide bonds. The van der Waals surface area contributed by atoms with Crippen LogP contribution in [0.25, 0.3) is 0 Å². The largest absolute Gasteiger partial charge is 0.399 e. The average molecular weight is 323 g/mol. The number of fused-ring (bicyclic) bond motifs is 1. The van der Waals surface area contributed by atoms with E-state index in [4.69, 9.17) is 5.73 Å². The number of nitrogens with zero attached hydrogens (tertiary/aromatic N) is 1. The highest BCUT2D eigenvalue weighted by molar-refractivity contribution is 9.10. The van der Waals surface area contributed by atoms with Crippen LogP contribution in [-0.2, 0) is 13.1 Å². The minimum atomic E-state index is 0.0756. The number of halogens is 1. The van der Waals surface area contributed by atoms with E-state index in [1.807, 2.05) is 34.5 Å². The second-order valence-corrected chi connectivity index (χ2v) is 6.06. The lowest BCUT2D eigenvalue weighted by atomic mass is 10.1. The summed E-state index contributed by atoms with van der Waals surface area (Å²) < 4.78 is 0.868. The highest BCUT2D eigenvalue weighted by Crippen LogP contribution is 2.30. The Labute approximate surface area is 117 Å². The van der Waals surface area contributed by atoms with Crippen LogP contribution in [0.4, 0.5) is 5.69 Å². The number of carbonyl (C=O) groups excluding carboxylic acids is 1. The molecule has 1 aromatic carbocycles. The maximum absolute atomic E-state index is 12.4. The molecule has 92 valence electrons. The van der Waals surface area contributed by atoms with E-state index < -0.39 is 0 Å². The van der Waals surface area contributed by atoms with Crippen molar-refractivity contribution in [1.82, 2.24) is 4.90 Å². The van der Waals surface area contributed by atoms with E-state index in [2.05, 4.69) is 15.9 Å². The number of nitrogen functional groups attached to an aromatic ring is 1. The quantitative estimate of drug-likeness (QED) is 0.819. The third-order valence-electron chi connectivity index (χ3n) is 3.05. The van der Waals surface area contributed by atoms with Crippen LogP contribution in [0.15, 0.2) is 34.1 Å². The Morgan fingerprint density at radius 2 is 2.06 bits per heavy atom.